The van der Waals surface area contributed by atoms with Gasteiger partial charge in [0.05, 0.1) is 12.6 Å². The van der Waals surface area contributed by atoms with E-state index in [4.69, 9.17) is 6.42 Å². The molecule has 3 nitrogen and oxygen atoms in total. The minimum absolute atomic E-state index is 0.0554. The summed E-state index contributed by atoms with van der Waals surface area (Å²) in [6.07, 6.45) is 6.01. The van der Waals surface area contributed by atoms with Gasteiger partial charge in [0.25, 0.3) is 0 Å². The van der Waals surface area contributed by atoms with Crippen molar-refractivity contribution in [1.29, 1.82) is 0 Å². The summed E-state index contributed by atoms with van der Waals surface area (Å²) in [5.74, 6) is 2.33. The molecular formula is C13H18N2OS. The molecule has 0 saturated heterocycles. The summed E-state index contributed by atoms with van der Waals surface area (Å²) in [6.45, 7) is 4.20. The zero-order valence-corrected chi connectivity index (χ0v) is 11.0. The standard InChI is InChI=1S/C13H18N2OS/c1-4-6-14-13(16)11(3)15-10(2)8-12-5-7-17-9-12/h1,5,7,9-11,15H,6,8H2,2-3H3,(H,14,16). The van der Waals surface area contributed by atoms with Gasteiger partial charge in [-0.1, -0.05) is 5.92 Å². The van der Waals surface area contributed by atoms with Crippen molar-refractivity contribution in [3.8, 4) is 12.3 Å². The third-order valence-electron chi connectivity index (χ3n) is 2.41. The minimum atomic E-state index is -0.225. The van der Waals surface area contributed by atoms with Gasteiger partial charge in [-0.15, -0.1) is 6.42 Å². The molecule has 0 fully saturated rings. The minimum Gasteiger partial charge on any atom is -0.344 e. The van der Waals surface area contributed by atoms with Gasteiger partial charge in [0, 0.05) is 6.04 Å². The maximum Gasteiger partial charge on any atom is 0.237 e. The Balaban J connectivity index is 2.32. The van der Waals surface area contributed by atoms with Crippen molar-refractivity contribution in [1.82, 2.24) is 10.6 Å². The van der Waals surface area contributed by atoms with Crippen LogP contribution in [0.4, 0.5) is 0 Å². The second-order valence-electron chi connectivity index (χ2n) is 4.05. The molecule has 0 aliphatic rings. The average molecular weight is 250 g/mol. The van der Waals surface area contributed by atoms with E-state index in [1.165, 1.54) is 5.56 Å². The van der Waals surface area contributed by atoms with Crippen LogP contribution in [0, 0.1) is 12.3 Å². The van der Waals surface area contributed by atoms with Crippen molar-refractivity contribution in [2.45, 2.75) is 32.4 Å². The molecule has 0 spiro atoms. The summed E-state index contributed by atoms with van der Waals surface area (Å²) in [7, 11) is 0. The lowest BCUT2D eigenvalue weighted by Crippen LogP contribution is -2.46. The van der Waals surface area contributed by atoms with Gasteiger partial charge in [-0.05, 0) is 42.7 Å². The Hall–Kier alpha value is -1.31. The highest BCUT2D eigenvalue weighted by atomic mass is 32.1. The number of terminal acetylenes is 1. The highest BCUT2D eigenvalue weighted by molar-refractivity contribution is 7.07. The molecule has 1 rings (SSSR count). The number of amides is 1. The Kier molecular flexibility index (Phi) is 5.75. The van der Waals surface area contributed by atoms with Gasteiger partial charge >= 0.3 is 0 Å². The van der Waals surface area contributed by atoms with Crippen molar-refractivity contribution < 1.29 is 4.79 Å². The maximum atomic E-state index is 11.6. The van der Waals surface area contributed by atoms with Gasteiger partial charge < -0.3 is 10.6 Å². The van der Waals surface area contributed by atoms with Crippen molar-refractivity contribution in [2.75, 3.05) is 6.54 Å². The quantitative estimate of drug-likeness (QED) is 0.750. The van der Waals surface area contributed by atoms with E-state index in [0.29, 0.717) is 0 Å². The van der Waals surface area contributed by atoms with E-state index in [-0.39, 0.29) is 24.5 Å². The lowest BCUT2D eigenvalue weighted by atomic mass is 10.1. The molecule has 1 aromatic rings. The number of nitrogens with one attached hydrogen (secondary N) is 2. The van der Waals surface area contributed by atoms with Crippen LogP contribution in [0.1, 0.15) is 19.4 Å². The molecule has 4 heteroatoms. The smallest absolute Gasteiger partial charge is 0.237 e. The Morgan fingerprint density at radius 3 is 2.94 bits per heavy atom. The first-order valence-electron chi connectivity index (χ1n) is 5.61. The van der Waals surface area contributed by atoms with Gasteiger partial charge in [0.2, 0.25) is 5.91 Å². The lowest BCUT2D eigenvalue weighted by Gasteiger charge is -2.18. The number of carbonyl (C=O) groups is 1. The topological polar surface area (TPSA) is 41.1 Å². The van der Waals surface area contributed by atoms with Crippen molar-refractivity contribution in [3.63, 3.8) is 0 Å². The molecular weight excluding hydrogens is 232 g/mol. The number of carbonyl (C=O) groups excluding carboxylic acids is 1. The predicted molar refractivity (Wildman–Crippen MR) is 71.9 cm³/mol. The normalized spacial score (nSPS) is 13.7. The van der Waals surface area contributed by atoms with Crippen LogP contribution in [-0.4, -0.2) is 24.5 Å². The van der Waals surface area contributed by atoms with E-state index in [0.717, 1.165) is 6.42 Å². The molecule has 1 aromatic heterocycles. The van der Waals surface area contributed by atoms with Crippen LogP contribution in [-0.2, 0) is 11.2 Å². The molecule has 2 atom stereocenters. The lowest BCUT2D eigenvalue weighted by molar-refractivity contribution is -0.122. The highest BCUT2D eigenvalue weighted by Crippen LogP contribution is 2.08. The summed E-state index contributed by atoms with van der Waals surface area (Å²) in [5, 5.41) is 10.1. The molecule has 1 heterocycles. The van der Waals surface area contributed by atoms with Gasteiger partial charge in [-0.25, -0.2) is 0 Å². The molecule has 17 heavy (non-hydrogen) atoms. The van der Waals surface area contributed by atoms with Crippen molar-refractivity contribution in [3.05, 3.63) is 22.4 Å². The zero-order valence-electron chi connectivity index (χ0n) is 10.2. The molecule has 0 saturated carbocycles. The third kappa shape index (κ3) is 5.03. The molecule has 0 aliphatic carbocycles. The van der Waals surface area contributed by atoms with Crippen LogP contribution in [0.25, 0.3) is 0 Å². The number of hydrogen-bond donors (Lipinski definition) is 2. The van der Waals surface area contributed by atoms with Crippen molar-refractivity contribution >= 4 is 17.2 Å². The fraction of sp³-hybridized carbons (Fsp3) is 0.462. The van der Waals surface area contributed by atoms with E-state index >= 15 is 0 Å². The van der Waals surface area contributed by atoms with E-state index in [1.807, 2.05) is 6.92 Å². The Morgan fingerprint density at radius 1 is 1.59 bits per heavy atom. The molecule has 0 aromatic carbocycles. The first-order valence-corrected chi connectivity index (χ1v) is 6.56. The van der Waals surface area contributed by atoms with E-state index in [1.54, 1.807) is 11.3 Å². The summed E-state index contributed by atoms with van der Waals surface area (Å²) >= 11 is 1.69. The van der Waals surface area contributed by atoms with Gasteiger partial charge in [-0.3, -0.25) is 4.79 Å². The monoisotopic (exact) mass is 250 g/mol. The van der Waals surface area contributed by atoms with Gasteiger partial charge in [0.1, 0.15) is 0 Å². The molecule has 0 aliphatic heterocycles. The zero-order chi connectivity index (χ0) is 12.7. The van der Waals surface area contributed by atoms with E-state index in [9.17, 15) is 4.79 Å². The van der Waals surface area contributed by atoms with Crippen molar-refractivity contribution in [2.24, 2.45) is 0 Å². The number of rotatable bonds is 6. The van der Waals surface area contributed by atoms with Crippen LogP contribution in [0.15, 0.2) is 16.8 Å². The first-order chi connectivity index (χ1) is 8.13. The van der Waals surface area contributed by atoms with E-state index in [2.05, 4.69) is 40.3 Å². The first kappa shape index (κ1) is 13.8. The van der Waals surface area contributed by atoms with Crippen LogP contribution in [0.3, 0.4) is 0 Å². The van der Waals surface area contributed by atoms with E-state index < -0.39 is 0 Å². The van der Waals surface area contributed by atoms with Crippen LogP contribution in [0.5, 0.6) is 0 Å². The molecule has 0 bridgehead atoms. The molecule has 2 N–H and O–H groups in total. The van der Waals surface area contributed by atoms with Crippen LogP contribution >= 0.6 is 11.3 Å². The highest BCUT2D eigenvalue weighted by Gasteiger charge is 2.14. The number of thiophene rings is 1. The second-order valence-corrected chi connectivity index (χ2v) is 4.83. The molecule has 0 radical (unpaired) electrons. The molecule has 1 amide bonds. The van der Waals surface area contributed by atoms with Crippen LogP contribution in [0.2, 0.25) is 0 Å². The molecule has 2 unspecified atom stereocenters. The average Bonchev–Trinajstić information content (AvgIpc) is 2.78. The summed E-state index contributed by atoms with van der Waals surface area (Å²) < 4.78 is 0. The summed E-state index contributed by atoms with van der Waals surface area (Å²) in [5.41, 5.74) is 1.30. The largest absolute Gasteiger partial charge is 0.344 e. The van der Waals surface area contributed by atoms with Gasteiger partial charge in [0.15, 0.2) is 0 Å². The molecule has 92 valence electrons. The predicted octanol–water partition coefficient (Wildman–Crippen LogP) is 1.41. The van der Waals surface area contributed by atoms with Gasteiger partial charge in [-0.2, -0.15) is 11.3 Å². The third-order valence-corrected chi connectivity index (χ3v) is 3.15. The Labute approximate surface area is 107 Å². The van der Waals surface area contributed by atoms with Crippen LogP contribution < -0.4 is 10.6 Å². The maximum absolute atomic E-state index is 11.6. The Bertz CT molecular complexity index is 381. The SMILES string of the molecule is C#CCNC(=O)C(C)NC(C)Cc1ccsc1. The fourth-order valence-corrected chi connectivity index (χ4v) is 2.30. The second kappa shape index (κ2) is 7.10. The number of hydrogen-bond acceptors (Lipinski definition) is 3. The summed E-state index contributed by atoms with van der Waals surface area (Å²) in [6, 6.07) is 2.14. The summed E-state index contributed by atoms with van der Waals surface area (Å²) in [4.78, 5) is 11.6. The Morgan fingerprint density at radius 2 is 2.35 bits per heavy atom. The fourth-order valence-electron chi connectivity index (χ4n) is 1.61.